The third-order valence-corrected chi connectivity index (χ3v) is 24.1. The highest BCUT2D eigenvalue weighted by atomic mass is 16.5. The van der Waals surface area contributed by atoms with E-state index in [0.717, 1.165) is 92.9 Å². The Morgan fingerprint density at radius 1 is 0.440 bits per heavy atom. The number of anilines is 9. The Morgan fingerprint density at radius 3 is 1.20 bits per heavy atom. The molecule has 3 aromatic carbocycles. The fraction of sp³-hybridized carbons (Fsp3) is 0.356. The molecule has 0 saturated carbocycles. The normalized spacial score (nSPS) is 17.7. The fourth-order valence-corrected chi connectivity index (χ4v) is 18.3. The molecule has 4 N–H and O–H groups in total. The number of nitrogens with zero attached hydrogens (tertiary/aromatic N) is 20. The van der Waals surface area contributed by atoms with Crippen LogP contribution in [0.4, 0.5) is 57.2 Å². The average Bonchev–Trinajstić information content (AvgIpc) is 1.63. The zero-order valence-electron chi connectivity index (χ0n) is 70.6. The number of nitrogens with one attached hydrogen (secondary N) is 4. The van der Waals surface area contributed by atoms with E-state index in [1.807, 2.05) is 54.7 Å². The third-order valence-electron chi connectivity index (χ3n) is 24.1. The van der Waals surface area contributed by atoms with Gasteiger partial charge in [0.25, 0.3) is 34.4 Å². The third kappa shape index (κ3) is 15.2. The van der Waals surface area contributed by atoms with Gasteiger partial charge in [-0.2, -0.15) is 15.0 Å². The summed E-state index contributed by atoms with van der Waals surface area (Å²) < 4.78 is 31.8. The summed E-state index contributed by atoms with van der Waals surface area (Å²) in [4.78, 5) is 142. The molecule has 9 aliphatic rings. The van der Waals surface area contributed by atoms with E-state index >= 15 is 0 Å². The van der Waals surface area contributed by atoms with E-state index < -0.39 is 0 Å². The van der Waals surface area contributed by atoms with Crippen LogP contribution in [-0.4, -0.2) is 180 Å². The van der Waals surface area contributed by atoms with Crippen molar-refractivity contribution in [1.82, 2.24) is 88.1 Å². The van der Waals surface area contributed by atoms with Crippen molar-refractivity contribution in [1.29, 1.82) is 0 Å². The van der Waals surface area contributed by atoms with Crippen LogP contribution >= 0.6 is 0 Å². The number of hydrogen-bond acceptors (Lipinski definition) is 25. The number of pyridine rings is 3. The van der Waals surface area contributed by atoms with Crippen LogP contribution in [0.25, 0.3) is 50.6 Å². The lowest BCUT2D eigenvalue weighted by Gasteiger charge is -2.39. The summed E-state index contributed by atoms with van der Waals surface area (Å²) in [6, 6.07) is 29.4. The lowest BCUT2D eigenvalue weighted by atomic mass is 9.78. The minimum absolute atomic E-state index is 0.0141. The van der Waals surface area contributed by atoms with E-state index in [1.54, 1.807) is 96.5 Å². The zero-order chi connectivity index (χ0) is 86.3. The second kappa shape index (κ2) is 32.2. The van der Waals surface area contributed by atoms with Crippen molar-refractivity contribution < 1.29 is 38.1 Å². The molecule has 640 valence electrons. The van der Waals surface area contributed by atoms with Crippen LogP contribution in [0, 0.1) is 0 Å². The van der Waals surface area contributed by atoms with Gasteiger partial charge in [0.1, 0.15) is 16.2 Å². The molecule has 4 amide bonds. The summed E-state index contributed by atoms with van der Waals surface area (Å²) in [6.07, 6.45) is 20.8. The van der Waals surface area contributed by atoms with Gasteiger partial charge in [0.2, 0.25) is 17.8 Å². The highest BCUT2D eigenvalue weighted by Gasteiger charge is 2.38. The topological polar surface area (TPSA) is 366 Å². The van der Waals surface area contributed by atoms with Gasteiger partial charge in [0.15, 0.2) is 88.9 Å². The first-order valence-electron chi connectivity index (χ1n) is 42.1. The first-order valence-corrected chi connectivity index (χ1v) is 42.1. The second-order valence-corrected chi connectivity index (χ2v) is 34.5. The molecule has 35 nitrogen and oxygen atoms in total. The summed E-state index contributed by atoms with van der Waals surface area (Å²) in [5.74, 6) is 4.92. The van der Waals surface area contributed by atoms with Crippen LogP contribution in [0.2, 0.25) is 0 Å². The Labute approximate surface area is 716 Å². The maximum Gasteiger partial charge on any atom is 0.409 e. The Morgan fingerprint density at radius 2 is 0.808 bits per heavy atom. The van der Waals surface area contributed by atoms with Crippen LogP contribution in [0.15, 0.2) is 160 Å². The predicted molar refractivity (Wildman–Crippen MR) is 471 cm³/mol. The Balaban J connectivity index is 0.000000123. The number of fused-ring (bicyclic) bond motifs is 18. The molecule has 6 bridgehead atoms. The Kier molecular flexibility index (Phi) is 20.8. The van der Waals surface area contributed by atoms with Gasteiger partial charge >= 0.3 is 6.09 Å². The van der Waals surface area contributed by atoms with Crippen LogP contribution in [0.3, 0.4) is 0 Å². The standard InChI is InChI=1S/C31H32N8O5.C30H32N8O3.C29H30N8O3/c1-31(2)18-36(30(42)43-3)16-19-14-20(8-9-22(19)31)33-29-32-15-21-26(35-29)39-24-11-10-23-27(34-24)37(25(40)17-44-23)12-6-4-5-7-13-38(39)28(21)41;1-30(2)18-35(3)16-19-14-20(8-9-22(19)30)32-29-31-15-21-26(34-29)38-24-11-10-23-27(33-24)36(25(39)17-41-23)12-6-4-5-7-13-37(38)28(21)40;1-29(2)17-30-14-18-13-19(7-8-21(18)29)32-28-31-15-20-25(34-28)37-23-10-9-22-26(33-23)35(24(38)16-40-22)11-5-3-4-6-12-36(37)27(20)39/h5,7-11,14-15H,4,6,12-13,16-18H2,1-3H3,(H,32,33,35);5,7-11,14-15H,4,6,12-13,16-18H2,1-3H3,(H,31,32,34);4,6-10,13,15,30H,3,5,11-12,14,16-17H2,1-2H3,(H,31,32,34). The largest absolute Gasteiger partial charge is 0.480 e. The number of aromatic nitrogens is 15. The summed E-state index contributed by atoms with van der Waals surface area (Å²) in [7, 11) is 3.52. The van der Waals surface area contributed by atoms with Gasteiger partial charge in [-0.15, -0.1) is 0 Å². The quantitative estimate of drug-likeness (QED) is 0.112. The van der Waals surface area contributed by atoms with E-state index in [1.165, 1.54) is 35.6 Å². The van der Waals surface area contributed by atoms with E-state index in [4.69, 9.17) is 48.9 Å². The molecule has 0 radical (unpaired) electrons. The number of amides is 4. The lowest BCUT2D eigenvalue weighted by molar-refractivity contribution is -0.122. The summed E-state index contributed by atoms with van der Waals surface area (Å²) in [6.45, 7) is 20.3. The summed E-state index contributed by atoms with van der Waals surface area (Å²) in [5.41, 5.74) is 10.2. The number of likely N-dealkylation sites (N-methyl/N-ethyl adjacent to an activating group) is 1. The molecule has 0 atom stereocenters. The first kappa shape index (κ1) is 80.5. The smallest absolute Gasteiger partial charge is 0.409 e. The molecule has 0 aliphatic carbocycles. The zero-order valence-corrected chi connectivity index (χ0v) is 70.6. The number of hydrogen-bond donors (Lipinski definition) is 4. The number of allylic oxidation sites excluding steroid dienone is 6. The average molecular weight is 1690 g/mol. The molecule has 35 heteroatoms. The Hall–Kier alpha value is -14.2. The van der Waals surface area contributed by atoms with E-state index in [9.17, 15) is 33.6 Å². The molecule has 18 heterocycles. The van der Waals surface area contributed by atoms with Crippen LogP contribution in [0.1, 0.15) is 113 Å². The Bertz CT molecular complexity index is 6700. The van der Waals surface area contributed by atoms with Gasteiger partial charge in [0, 0.05) is 111 Å². The van der Waals surface area contributed by atoms with Crippen molar-refractivity contribution in [2.24, 2.45) is 0 Å². The minimum Gasteiger partial charge on any atom is -0.480 e. The van der Waals surface area contributed by atoms with Gasteiger partial charge in [-0.05, 0) is 152 Å². The van der Waals surface area contributed by atoms with Gasteiger partial charge in [-0.3, -0.25) is 43.5 Å². The molecule has 9 aromatic heterocycles. The highest BCUT2D eigenvalue weighted by Crippen LogP contribution is 2.41. The molecule has 0 unspecified atom stereocenters. The van der Waals surface area contributed by atoms with Crippen molar-refractivity contribution in [2.75, 3.05) is 104 Å². The number of carbonyl (C=O) groups is 4. The molecule has 0 saturated heterocycles. The van der Waals surface area contributed by atoms with Crippen molar-refractivity contribution >= 4 is 109 Å². The molecule has 21 rings (SSSR count). The van der Waals surface area contributed by atoms with Crippen molar-refractivity contribution in [3.8, 4) is 34.7 Å². The monoisotopic (exact) mass is 1690 g/mol. The van der Waals surface area contributed by atoms with E-state index in [-0.39, 0.29) is 82.5 Å². The van der Waals surface area contributed by atoms with E-state index in [0.29, 0.717) is 150 Å². The van der Waals surface area contributed by atoms with Gasteiger partial charge < -0.3 is 50.0 Å². The van der Waals surface area contributed by atoms with Crippen molar-refractivity contribution in [3.05, 3.63) is 210 Å². The van der Waals surface area contributed by atoms with Gasteiger partial charge in [0.05, 0.1) is 26.7 Å². The number of ether oxygens (including phenoxy) is 4. The fourth-order valence-electron chi connectivity index (χ4n) is 18.3. The van der Waals surface area contributed by atoms with Crippen LogP contribution < -0.4 is 66.9 Å². The SMILES string of the molecule is CC1(C)CNCc2cc(Nc3ncc4c(=O)n5n(c4n3)-c3ccc4c(n3)N(CCCC=CC5)C(=O)CO4)ccc21.CN1Cc2cc(Nc3ncc4c(=O)n5n(c4n3)-c3ccc4c(n3)N(CCCC=CC5)C(=O)CO4)ccc2C(C)(C)C1.COC(=O)N1Cc2cc(Nc3ncc4c(=O)n5n(c4n3)-c3ccc4c(n3)N(CCCC=CC5)C(=O)CO4)ccc2C(C)(C)C1. The first-order chi connectivity index (χ1) is 60.4. The van der Waals surface area contributed by atoms with E-state index in [2.05, 4.69) is 126 Å². The molecular formula is C90H94N24O11. The molecule has 0 fully saturated rings. The molecule has 9 aliphatic heterocycles. The molecular weight excluding hydrogens is 1590 g/mol. The number of benzene rings is 3. The van der Waals surface area contributed by atoms with Crippen molar-refractivity contribution in [2.45, 2.75) is 136 Å². The predicted octanol–water partition coefficient (Wildman–Crippen LogP) is 10.4. The molecule has 0 spiro atoms. The number of methoxy groups -OCH3 is 1. The number of rotatable bonds is 6. The van der Waals surface area contributed by atoms with Crippen LogP contribution in [0.5, 0.6) is 17.2 Å². The summed E-state index contributed by atoms with van der Waals surface area (Å²) >= 11 is 0. The lowest BCUT2D eigenvalue weighted by Crippen LogP contribution is -2.45. The highest BCUT2D eigenvalue weighted by molar-refractivity contribution is 5.99. The van der Waals surface area contributed by atoms with Crippen LogP contribution in [-0.2, 0) is 74.6 Å². The number of carbonyl (C=O) groups excluding carboxylic acids is 4. The maximum atomic E-state index is 13.6. The molecule has 125 heavy (non-hydrogen) atoms. The second-order valence-electron chi connectivity index (χ2n) is 34.5. The minimum atomic E-state index is -0.367. The van der Waals surface area contributed by atoms with Gasteiger partial charge in [-0.1, -0.05) is 96.2 Å². The summed E-state index contributed by atoms with van der Waals surface area (Å²) in [5, 5.41) is 14.5. The van der Waals surface area contributed by atoms with Crippen molar-refractivity contribution in [3.63, 3.8) is 0 Å². The van der Waals surface area contributed by atoms with Gasteiger partial charge in [-0.25, -0.2) is 62.8 Å². The maximum absolute atomic E-state index is 13.6. The molecule has 12 aromatic rings.